The van der Waals surface area contributed by atoms with Gasteiger partial charge in [0.15, 0.2) is 0 Å². The molecule has 1 aliphatic rings. The molecule has 1 amide bonds. The molecule has 0 spiro atoms. The van der Waals surface area contributed by atoms with Crippen LogP contribution >= 0.6 is 0 Å². The van der Waals surface area contributed by atoms with Crippen molar-refractivity contribution in [2.24, 2.45) is 0 Å². The average Bonchev–Trinajstić information content (AvgIpc) is 2.20. The molecule has 0 aromatic heterocycles. The number of hydrazine groups is 1. The summed E-state index contributed by atoms with van der Waals surface area (Å²) in [7, 11) is 1.68. The smallest absolute Gasteiger partial charge is 0.237 e. The monoisotopic (exact) mass is 142 g/mol. The number of carbonyl (C=O) groups excluding carboxylic acids is 2. The van der Waals surface area contributed by atoms with Gasteiger partial charge in [0.05, 0.1) is 6.54 Å². The number of rotatable bonds is 2. The number of hydrogen-bond acceptors (Lipinski definition) is 3. The molecule has 0 radical (unpaired) electrons. The topological polar surface area (TPSA) is 40.6 Å². The molecular weight excluding hydrogens is 132 g/mol. The maximum atomic E-state index is 10.8. The molecule has 0 saturated carbocycles. The highest BCUT2D eigenvalue weighted by Crippen LogP contribution is 2.06. The largest absolute Gasteiger partial charge is 0.302 e. The van der Waals surface area contributed by atoms with Crippen LogP contribution < -0.4 is 0 Å². The van der Waals surface area contributed by atoms with Crippen molar-refractivity contribution in [3.8, 4) is 0 Å². The van der Waals surface area contributed by atoms with E-state index in [9.17, 15) is 9.59 Å². The fraction of sp³-hybridized carbons (Fsp3) is 0.667. The summed E-state index contributed by atoms with van der Waals surface area (Å²) in [6.07, 6.45) is 1.33. The van der Waals surface area contributed by atoms with E-state index < -0.39 is 0 Å². The van der Waals surface area contributed by atoms with Gasteiger partial charge in [-0.15, -0.1) is 0 Å². The molecule has 0 aromatic carbocycles. The summed E-state index contributed by atoms with van der Waals surface area (Å²) in [5, 5.41) is 3.21. The number of amides is 1. The van der Waals surface area contributed by atoms with Crippen molar-refractivity contribution < 1.29 is 9.59 Å². The first-order valence-corrected chi connectivity index (χ1v) is 3.20. The maximum Gasteiger partial charge on any atom is 0.237 e. The van der Waals surface area contributed by atoms with Gasteiger partial charge < -0.3 is 4.79 Å². The Hall–Kier alpha value is -0.900. The van der Waals surface area contributed by atoms with E-state index in [1.54, 1.807) is 12.1 Å². The number of nitrogens with zero attached hydrogens (tertiary/aromatic N) is 2. The minimum atomic E-state index is 0.0850. The highest BCUT2D eigenvalue weighted by molar-refractivity contribution is 5.77. The lowest BCUT2D eigenvalue weighted by molar-refractivity contribution is -0.135. The minimum Gasteiger partial charge on any atom is -0.302 e. The Morgan fingerprint density at radius 3 is 2.80 bits per heavy atom. The maximum absolute atomic E-state index is 10.8. The van der Waals surface area contributed by atoms with Gasteiger partial charge in [0.1, 0.15) is 6.29 Å². The van der Waals surface area contributed by atoms with Gasteiger partial charge in [-0.3, -0.25) is 9.80 Å². The van der Waals surface area contributed by atoms with Crippen LogP contribution in [0.5, 0.6) is 0 Å². The van der Waals surface area contributed by atoms with Crippen molar-refractivity contribution in [2.75, 3.05) is 20.1 Å². The van der Waals surface area contributed by atoms with Crippen LogP contribution in [0.1, 0.15) is 6.42 Å². The van der Waals surface area contributed by atoms with E-state index in [2.05, 4.69) is 0 Å². The standard InChI is InChI=1S/C6H10N2O2/c1-7-6(10)2-3-8(7)4-5-9/h5H,2-4H2,1H3. The van der Waals surface area contributed by atoms with Crippen LogP contribution in [0, 0.1) is 0 Å². The van der Waals surface area contributed by atoms with Crippen molar-refractivity contribution >= 4 is 12.2 Å². The fourth-order valence-electron chi connectivity index (χ4n) is 0.994. The van der Waals surface area contributed by atoms with Crippen LogP contribution in [0.25, 0.3) is 0 Å². The normalized spacial score (nSPS) is 20.1. The summed E-state index contributed by atoms with van der Waals surface area (Å²) >= 11 is 0. The zero-order chi connectivity index (χ0) is 7.56. The summed E-state index contributed by atoms with van der Waals surface area (Å²) in [6.45, 7) is 0.996. The summed E-state index contributed by atoms with van der Waals surface area (Å²) in [6, 6.07) is 0. The molecule has 0 aliphatic carbocycles. The third-order valence-electron chi connectivity index (χ3n) is 1.65. The summed E-state index contributed by atoms with van der Waals surface area (Å²) in [5.74, 6) is 0.0850. The fourth-order valence-corrected chi connectivity index (χ4v) is 0.994. The second kappa shape index (κ2) is 2.79. The summed E-state index contributed by atoms with van der Waals surface area (Å²) in [4.78, 5) is 20.9. The molecule has 1 saturated heterocycles. The molecule has 4 nitrogen and oxygen atoms in total. The zero-order valence-electron chi connectivity index (χ0n) is 5.91. The van der Waals surface area contributed by atoms with E-state index >= 15 is 0 Å². The van der Waals surface area contributed by atoms with Crippen LogP contribution in [-0.4, -0.2) is 42.3 Å². The van der Waals surface area contributed by atoms with Gasteiger partial charge in [-0.1, -0.05) is 0 Å². The first kappa shape index (κ1) is 7.21. The Labute approximate surface area is 59.4 Å². The molecule has 1 aliphatic heterocycles. The third kappa shape index (κ3) is 1.16. The van der Waals surface area contributed by atoms with Crippen LogP contribution in [0.2, 0.25) is 0 Å². The van der Waals surface area contributed by atoms with E-state index in [1.807, 2.05) is 0 Å². The molecule has 56 valence electrons. The average molecular weight is 142 g/mol. The van der Waals surface area contributed by atoms with Crippen molar-refractivity contribution in [2.45, 2.75) is 6.42 Å². The van der Waals surface area contributed by atoms with E-state index in [4.69, 9.17) is 0 Å². The van der Waals surface area contributed by atoms with Crippen molar-refractivity contribution in [1.82, 2.24) is 10.0 Å². The second-order valence-electron chi connectivity index (χ2n) is 2.25. The van der Waals surface area contributed by atoms with Crippen LogP contribution in [0.15, 0.2) is 0 Å². The molecule has 1 heterocycles. The number of carbonyl (C=O) groups is 2. The Balaban J connectivity index is 2.48. The molecule has 4 heteroatoms. The summed E-state index contributed by atoms with van der Waals surface area (Å²) in [5.41, 5.74) is 0. The minimum absolute atomic E-state index is 0.0850. The van der Waals surface area contributed by atoms with E-state index in [-0.39, 0.29) is 5.91 Å². The van der Waals surface area contributed by atoms with Gasteiger partial charge in [0.2, 0.25) is 5.91 Å². The van der Waals surface area contributed by atoms with Gasteiger partial charge in [0, 0.05) is 20.0 Å². The SMILES string of the molecule is CN1C(=O)CCN1CC=O. The molecule has 0 aromatic rings. The van der Waals surface area contributed by atoms with Crippen LogP contribution in [0.4, 0.5) is 0 Å². The van der Waals surface area contributed by atoms with Crippen molar-refractivity contribution in [1.29, 1.82) is 0 Å². The Morgan fingerprint density at radius 1 is 1.70 bits per heavy atom. The highest BCUT2D eigenvalue weighted by atomic mass is 16.2. The molecule has 1 fully saturated rings. The van der Waals surface area contributed by atoms with E-state index in [0.717, 1.165) is 6.29 Å². The lowest BCUT2D eigenvalue weighted by Gasteiger charge is -2.20. The van der Waals surface area contributed by atoms with Crippen LogP contribution in [0.3, 0.4) is 0 Å². The molecular formula is C6H10N2O2. The lowest BCUT2D eigenvalue weighted by atomic mass is 10.4. The zero-order valence-corrected chi connectivity index (χ0v) is 5.91. The Kier molecular flexibility index (Phi) is 2.01. The predicted octanol–water partition coefficient (Wildman–Crippen LogP) is -0.736. The first-order chi connectivity index (χ1) is 4.75. The van der Waals surface area contributed by atoms with Gasteiger partial charge in [-0.2, -0.15) is 0 Å². The van der Waals surface area contributed by atoms with Gasteiger partial charge in [0.25, 0.3) is 0 Å². The Bertz CT molecular complexity index is 158. The summed E-state index contributed by atoms with van der Waals surface area (Å²) < 4.78 is 0. The van der Waals surface area contributed by atoms with Gasteiger partial charge in [-0.05, 0) is 0 Å². The van der Waals surface area contributed by atoms with Crippen LogP contribution in [-0.2, 0) is 9.59 Å². The molecule has 10 heavy (non-hydrogen) atoms. The first-order valence-electron chi connectivity index (χ1n) is 3.20. The molecule has 0 N–H and O–H groups in total. The van der Waals surface area contributed by atoms with Crippen molar-refractivity contribution in [3.63, 3.8) is 0 Å². The molecule has 1 rings (SSSR count). The highest BCUT2D eigenvalue weighted by Gasteiger charge is 2.23. The molecule has 0 bridgehead atoms. The van der Waals surface area contributed by atoms with Gasteiger partial charge >= 0.3 is 0 Å². The van der Waals surface area contributed by atoms with Gasteiger partial charge in [-0.25, -0.2) is 5.01 Å². The Morgan fingerprint density at radius 2 is 2.40 bits per heavy atom. The molecule has 0 atom stereocenters. The third-order valence-corrected chi connectivity index (χ3v) is 1.65. The van der Waals surface area contributed by atoms with E-state index in [0.29, 0.717) is 19.5 Å². The predicted molar refractivity (Wildman–Crippen MR) is 35.0 cm³/mol. The number of aldehydes is 1. The second-order valence-corrected chi connectivity index (χ2v) is 2.25. The van der Waals surface area contributed by atoms with Crippen molar-refractivity contribution in [3.05, 3.63) is 0 Å². The molecule has 0 unspecified atom stereocenters. The quantitative estimate of drug-likeness (QED) is 0.477. The number of hydrogen-bond donors (Lipinski definition) is 0. The van der Waals surface area contributed by atoms with E-state index in [1.165, 1.54) is 5.01 Å². The lowest BCUT2D eigenvalue weighted by Crippen LogP contribution is -2.36.